The van der Waals surface area contributed by atoms with E-state index in [4.69, 9.17) is 19.2 Å². The first-order valence-corrected chi connectivity index (χ1v) is 13.8. The van der Waals surface area contributed by atoms with E-state index < -0.39 is 12.0 Å². The minimum Gasteiger partial charge on any atom is -0.497 e. The van der Waals surface area contributed by atoms with Gasteiger partial charge in [-0.05, 0) is 60.7 Å². The quantitative estimate of drug-likeness (QED) is 0.355. The second-order valence-corrected chi connectivity index (χ2v) is 10.5. The number of hydrogen-bond donors (Lipinski definition) is 0. The Morgan fingerprint density at radius 2 is 1.89 bits per heavy atom. The molecule has 7 nitrogen and oxygen atoms in total. The summed E-state index contributed by atoms with van der Waals surface area (Å²) in [6.07, 6.45) is 3.25. The largest absolute Gasteiger partial charge is 0.497 e. The second kappa shape index (κ2) is 12.3. The van der Waals surface area contributed by atoms with Gasteiger partial charge in [0.25, 0.3) is 5.56 Å². The Morgan fingerprint density at radius 1 is 1.13 bits per heavy atom. The van der Waals surface area contributed by atoms with Gasteiger partial charge < -0.3 is 14.2 Å². The van der Waals surface area contributed by atoms with Crippen LogP contribution in [0.15, 0.2) is 69.6 Å². The molecule has 0 fully saturated rings. The van der Waals surface area contributed by atoms with Gasteiger partial charge in [0.15, 0.2) is 4.80 Å². The van der Waals surface area contributed by atoms with E-state index in [-0.39, 0.29) is 12.2 Å². The van der Waals surface area contributed by atoms with Crippen LogP contribution in [-0.2, 0) is 9.53 Å². The number of fused-ring (bicyclic) bond motifs is 1. The molecule has 0 radical (unpaired) electrons. The molecule has 2 aromatic carbocycles. The second-order valence-electron chi connectivity index (χ2n) is 9.46. The van der Waals surface area contributed by atoms with Crippen molar-refractivity contribution >= 4 is 23.4 Å². The van der Waals surface area contributed by atoms with Crippen molar-refractivity contribution in [2.75, 3.05) is 20.3 Å². The van der Waals surface area contributed by atoms with Crippen LogP contribution in [0.4, 0.5) is 0 Å². The number of esters is 1. The van der Waals surface area contributed by atoms with Gasteiger partial charge in [-0.3, -0.25) is 9.36 Å². The van der Waals surface area contributed by atoms with Crippen LogP contribution in [0.1, 0.15) is 57.7 Å². The zero-order chi connectivity index (χ0) is 27.2. The van der Waals surface area contributed by atoms with E-state index in [1.807, 2.05) is 61.5 Å². The fourth-order valence-corrected chi connectivity index (χ4v) is 5.34. The van der Waals surface area contributed by atoms with E-state index in [2.05, 4.69) is 13.8 Å². The summed E-state index contributed by atoms with van der Waals surface area (Å²) >= 11 is 1.32. The molecule has 1 aromatic heterocycles. The van der Waals surface area contributed by atoms with E-state index >= 15 is 0 Å². The maximum atomic E-state index is 13.8. The number of thiazole rings is 1. The van der Waals surface area contributed by atoms with Crippen molar-refractivity contribution in [3.8, 4) is 11.5 Å². The summed E-state index contributed by atoms with van der Waals surface area (Å²) in [6, 6.07) is 14.4. The molecule has 0 amide bonds. The summed E-state index contributed by atoms with van der Waals surface area (Å²) in [5.41, 5.74) is 2.48. The number of aromatic nitrogens is 1. The van der Waals surface area contributed by atoms with E-state index in [0.717, 1.165) is 23.3 Å². The van der Waals surface area contributed by atoms with E-state index in [0.29, 0.717) is 45.3 Å². The zero-order valence-electron chi connectivity index (χ0n) is 22.5. The highest BCUT2D eigenvalue weighted by atomic mass is 32.1. The van der Waals surface area contributed by atoms with Gasteiger partial charge in [-0.25, -0.2) is 9.79 Å². The van der Waals surface area contributed by atoms with E-state index in [1.54, 1.807) is 18.6 Å². The molecule has 0 aliphatic carbocycles. The van der Waals surface area contributed by atoms with Crippen molar-refractivity contribution < 1.29 is 19.0 Å². The van der Waals surface area contributed by atoms with Crippen LogP contribution in [0, 0.1) is 5.92 Å². The van der Waals surface area contributed by atoms with Gasteiger partial charge in [0, 0.05) is 0 Å². The van der Waals surface area contributed by atoms with Crippen molar-refractivity contribution in [3.05, 3.63) is 90.6 Å². The van der Waals surface area contributed by atoms with Crippen LogP contribution in [0.2, 0.25) is 0 Å². The van der Waals surface area contributed by atoms with Gasteiger partial charge in [-0.2, -0.15) is 0 Å². The Balaban J connectivity index is 1.86. The van der Waals surface area contributed by atoms with Crippen LogP contribution >= 0.6 is 11.3 Å². The minimum atomic E-state index is -0.670. The lowest BCUT2D eigenvalue weighted by molar-refractivity contribution is -0.139. The van der Waals surface area contributed by atoms with Crippen molar-refractivity contribution in [3.63, 3.8) is 0 Å². The summed E-state index contributed by atoms with van der Waals surface area (Å²) < 4.78 is 18.8. The smallest absolute Gasteiger partial charge is 0.338 e. The number of allylic oxidation sites excluding steroid dienone is 1. The number of ether oxygens (including phenoxy) is 3. The lowest BCUT2D eigenvalue weighted by Gasteiger charge is -2.26. The number of carbonyl (C=O) groups is 1. The SMILES string of the molecule is CCCC1=C(C(=O)OCC)[C@H](c2cccc(OC)c2)n2c(s/c(=C/c3ccc(OCC(C)C)cc3)c2=O)=N1. The third kappa shape index (κ3) is 5.91. The standard InChI is InChI=1S/C30H34N2O5S/c1-6-9-24-26(29(34)36-7-2)27(21-10-8-11-23(17-21)35-5)32-28(33)25(38-30(32)31-24)16-20-12-14-22(15-13-20)37-18-19(3)4/h8,10-17,19,27H,6-7,9,18H2,1-5H3/b25-16+/t27-/m0/s1. The first kappa shape index (κ1) is 27.4. The Kier molecular flexibility index (Phi) is 8.84. The molecule has 3 aromatic rings. The summed E-state index contributed by atoms with van der Waals surface area (Å²) in [5.74, 6) is 1.41. The van der Waals surface area contributed by atoms with Gasteiger partial charge >= 0.3 is 5.97 Å². The molecule has 0 spiro atoms. The third-order valence-corrected chi connectivity index (χ3v) is 7.05. The van der Waals surface area contributed by atoms with Crippen LogP contribution in [-0.4, -0.2) is 30.9 Å². The fourth-order valence-electron chi connectivity index (χ4n) is 4.32. The van der Waals surface area contributed by atoms with Gasteiger partial charge in [0.2, 0.25) is 0 Å². The topological polar surface area (TPSA) is 79.1 Å². The molecule has 0 saturated heterocycles. The number of benzene rings is 2. The summed E-state index contributed by atoms with van der Waals surface area (Å²) in [5, 5.41) is 0. The molecule has 200 valence electrons. The van der Waals surface area contributed by atoms with Crippen LogP contribution in [0.5, 0.6) is 11.5 Å². The lowest BCUT2D eigenvalue weighted by atomic mass is 9.94. The Morgan fingerprint density at radius 3 is 2.55 bits per heavy atom. The molecule has 0 unspecified atom stereocenters. The Labute approximate surface area is 226 Å². The highest BCUT2D eigenvalue weighted by molar-refractivity contribution is 7.07. The van der Waals surface area contributed by atoms with Crippen molar-refractivity contribution in [2.45, 2.75) is 46.6 Å². The molecule has 38 heavy (non-hydrogen) atoms. The van der Waals surface area contributed by atoms with Crippen molar-refractivity contribution in [1.29, 1.82) is 0 Å². The average molecular weight is 535 g/mol. The van der Waals surface area contributed by atoms with Gasteiger partial charge in [-0.1, -0.05) is 62.8 Å². The molecule has 2 heterocycles. The first-order chi connectivity index (χ1) is 18.4. The Bertz CT molecular complexity index is 1500. The van der Waals surface area contributed by atoms with Gasteiger partial charge in [-0.15, -0.1) is 0 Å². The normalized spacial score (nSPS) is 15.3. The number of rotatable bonds is 10. The summed E-state index contributed by atoms with van der Waals surface area (Å²) in [7, 11) is 1.59. The van der Waals surface area contributed by atoms with Gasteiger partial charge in [0.1, 0.15) is 11.5 Å². The fraction of sp³-hybridized carbons (Fsp3) is 0.367. The molecule has 1 aliphatic heterocycles. The average Bonchev–Trinajstić information content (AvgIpc) is 3.22. The molecule has 8 heteroatoms. The number of nitrogens with zero attached hydrogens (tertiary/aromatic N) is 2. The molecular weight excluding hydrogens is 500 g/mol. The van der Waals surface area contributed by atoms with Crippen molar-refractivity contribution in [2.24, 2.45) is 10.9 Å². The number of hydrogen-bond acceptors (Lipinski definition) is 7. The predicted molar refractivity (Wildman–Crippen MR) is 149 cm³/mol. The maximum Gasteiger partial charge on any atom is 0.338 e. The van der Waals surface area contributed by atoms with E-state index in [1.165, 1.54) is 11.3 Å². The van der Waals surface area contributed by atoms with Crippen LogP contribution < -0.4 is 24.4 Å². The molecule has 1 aliphatic rings. The molecule has 4 rings (SSSR count). The minimum absolute atomic E-state index is 0.209. The molecule has 1 atom stereocenters. The summed E-state index contributed by atoms with van der Waals surface area (Å²) in [6.45, 7) is 8.89. The molecule has 0 N–H and O–H groups in total. The predicted octanol–water partition coefficient (Wildman–Crippen LogP) is 4.62. The number of methoxy groups -OCH3 is 1. The maximum absolute atomic E-state index is 13.8. The monoisotopic (exact) mass is 534 g/mol. The molecule has 0 bridgehead atoms. The number of carbonyl (C=O) groups excluding carboxylic acids is 1. The van der Waals surface area contributed by atoms with Gasteiger partial charge in [0.05, 0.1) is 42.2 Å². The van der Waals surface area contributed by atoms with Crippen LogP contribution in [0.25, 0.3) is 6.08 Å². The van der Waals surface area contributed by atoms with Crippen LogP contribution in [0.3, 0.4) is 0 Å². The zero-order valence-corrected chi connectivity index (χ0v) is 23.3. The first-order valence-electron chi connectivity index (χ1n) is 12.9. The summed E-state index contributed by atoms with van der Waals surface area (Å²) in [4.78, 5) is 32.5. The van der Waals surface area contributed by atoms with E-state index in [9.17, 15) is 9.59 Å². The molecule has 0 saturated carbocycles. The highest BCUT2D eigenvalue weighted by Gasteiger charge is 2.34. The molecular formula is C30H34N2O5S. The lowest BCUT2D eigenvalue weighted by Crippen LogP contribution is -2.40. The Hall–Kier alpha value is -3.65. The highest BCUT2D eigenvalue weighted by Crippen LogP contribution is 2.33. The third-order valence-electron chi connectivity index (χ3n) is 6.06. The van der Waals surface area contributed by atoms with Crippen molar-refractivity contribution in [1.82, 2.24) is 4.57 Å².